The van der Waals surface area contributed by atoms with Crippen molar-refractivity contribution >= 4 is 21.7 Å². The number of rotatable bonds is 4. The maximum atomic E-state index is 11.9. The van der Waals surface area contributed by atoms with E-state index < -0.39 is 21.8 Å². The number of morpholine rings is 1. The first-order valence-electron chi connectivity index (χ1n) is 5.48. The molecule has 0 spiro atoms. The first-order chi connectivity index (χ1) is 8.35. The molecular weight excluding hydrogens is 262 g/mol. The topological polar surface area (TPSA) is 90.0 Å². The molecular formula is C10H17NO6S. The minimum atomic E-state index is -3.20. The first kappa shape index (κ1) is 14.9. The lowest BCUT2D eigenvalue weighted by Crippen LogP contribution is -2.53. The van der Waals surface area contributed by atoms with E-state index in [0.29, 0.717) is 6.61 Å². The smallest absolute Gasteiger partial charge is 0.331 e. The predicted molar refractivity (Wildman–Crippen MR) is 62.7 cm³/mol. The summed E-state index contributed by atoms with van der Waals surface area (Å²) in [4.78, 5) is 24.7. The number of carbonyl (C=O) groups is 2. The highest BCUT2D eigenvalue weighted by Crippen LogP contribution is 2.10. The van der Waals surface area contributed by atoms with Crippen molar-refractivity contribution < 1.29 is 27.5 Å². The van der Waals surface area contributed by atoms with Crippen LogP contribution in [0.25, 0.3) is 0 Å². The molecule has 1 amide bonds. The van der Waals surface area contributed by atoms with E-state index in [-0.39, 0.29) is 31.2 Å². The van der Waals surface area contributed by atoms with Gasteiger partial charge in [0, 0.05) is 19.2 Å². The van der Waals surface area contributed by atoms with Gasteiger partial charge in [-0.25, -0.2) is 13.2 Å². The highest BCUT2D eigenvalue weighted by atomic mass is 32.2. The van der Waals surface area contributed by atoms with Gasteiger partial charge in [0.25, 0.3) is 0 Å². The van der Waals surface area contributed by atoms with Crippen molar-refractivity contribution in [3.05, 3.63) is 0 Å². The van der Waals surface area contributed by atoms with Gasteiger partial charge in [-0.05, 0) is 0 Å². The Hall–Kier alpha value is -1.15. The van der Waals surface area contributed by atoms with Gasteiger partial charge in [-0.3, -0.25) is 4.79 Å². The maximum Gasteiger partial charge on any atom is 0.331 e. The van der Waals surface area contributed by atoms with Crippen LogP contribution in [0.2, 0.25) is 0 Å². The molecule has 8 heteroatoms. The van der Waals surface area contributed by atoms with Gasteiger partial charge in [-0.2, -0.15) is 0 Å². The number of sulfone groups is 1. The minimum absolute atomic E-state index is 0.0806. The van der Waals surface area contributed by atoms with Crippen LogP contribution in [0.5, 0.6) is 0 Å². The third-order valence-electron chi connectivity index (χ3n) is 2.61. The summed E-state index contributed by atoms with van der Waals surface area (Å²) in [7, 11) is -1.96. The van der Waals surface area contributed by atoms with Gasteiger partial charge in [-0.15, -0.1) is 0 Å². The third kappa shape index (κ3) is 4.26. The zero-order chi connectivity index (χ0) is 13.8. The Morgan fingerprint density at radius 3 is 2.67 bits per heavy atom. The van der Waals surface area contributed by atoms with Gasteiger partial charge in [0.2, 0.25) is 5.91 Å². The average Bonchev–Trinajstić information content (AvgIpc) is 2.34. The van der Waals surface area contributed by atoms with Crippen molar-refractivity contribution in [1.29, 1.82) is 0 Å². The number of hydrogen-bond acceptors (Lipinski definition) is 6. The van der Waals surface area contributed by atoms with Crippen LogP contribution in [0.4, 0.5) is 0 Å². The van der Waals surface area contributed by atoms with E-state index in [1.807, 2.05) is 0 Å². The summed E-state index contributed by atoms with van der Waals surface area (Å²) in [5.74, 6) is -1.15. The molecule has 1 unspecified atom stereocenters. The average molecular weight is 279 g/mol. The number of nitrogens with zero attached hydrogens (tertiary/aromatic N) is 1. The fourth-order valence-electron chi connectivity index (χ4n) is 1.65. The first-order valence-corrected chi connectivity index (χ1v) is 7.54. The number of hydrogen-bond donors (Lipinski definition) is 0. The van der Waals surface area contributed by atoms with Crippen molar-refractivity contribution in [1.82, 2.24) is 4.90 Å². The summed E-state index contributed by atoms with van der Waals surface area (Å²) in [5.41, 5.74) is 0. The van der Waals surface area contributed by atoms with Crippen molar-refractivity contribution in [2.45, 2.75) is 12.5 Å². The van der Waals surface area contributed by atoms with Gasteiger partial charge >= 0.3 is 5.97 Å². The van der Waals surface area contributed by atoms with Crippen LogP contribution in [0.1, 0.15) is 6.42 Å². The lowest BCUT2D eigenvalue weighted by atomic mass is 10.2. The largest absolute Gasteiger partial charge is 0.467 e. The molecule has 0 radical (unpaired) electrons. The molecule has 0 saturated carbocycles. The van der Waals surface area contributed by atoms with Crippen LogP contribution >= 0.6 is 0 Å². The molecule has 1 saturated heterocycles. The van der Waals surface area contributed by atoms with Gasteiger partial charge in [0.15, 0.2) is 6.04 Å². The summed E-state index contributed by atoms with van der Waals surface area (Å²) in [6.07, 6.45) is 0.934. The molecule has 0 aromatic carbocycles. The zero-order valence-electron chi connectivity index (χ0n) is 10.4. The molecule has 7 nitrogen and oxygen atoms in total. The molecule has 1 rings (SSSR count). The summed E-state index contributed by atoms with van der Waals surface area (Å²) in [6.45, 7) is 0.678. The second-order valence-electron chi connectivity index (χ2n) is 4.08. The highest BCUT2D eigenvalue weighted by molar-refractivity contribution is 7.90. The number of methoxy groups -OCH3 is 1. The summed E-state index contributed by atoms with van der Waals surface area (Å²) < 4.78 is 31.7. The van der Waals surface area contributed by atoms with Gasteiger partial charge in [0.1, 0.15) is 9.84 Å². The normalized spacial score (nSPS) is 20.6. The van der Waals surface area contributed by atoms with E-state index >= 15 is 0 Å². The summed E-state index contributed by atoms with van der Waals surface area (Å²) >= 11 is 0. The molecule has 0 bridgehead atoms. The zero-order valence-corrected chi connectivity index (χ0v) is 11.2. The van der Waals surface area contributed by atoms with Gasteiger partial charge in [-0.1, -0.05) is 0 Å². The monoisotopic (exact) mass is 279 g/mol. The van der Waals surface area contributed by atoms with Crippen LogP contribution in [0.15, 0.2) is 0 Å². The molecule has 104 valence electrons. The van der Waals surface area contributed by atoms with Crippen LogP contribution in [0, 0.1) is 0 Å². The molecule has 0 aromatic rings. The molecule has 1 aliphatic heterocycles. The Bertz CT molecular complexity index is 418. The molecule has 0 N–H and O–H groups in total. The fraction of sp³-hybridized carbons (Fsp3) is 0.800. The minimum Gasteiger partial charge on any atom is -0.467 e. The van der Waals surface area contributed by atoms with Crippen LogP contribution in [0.3, 0.4) is 0 Å². The second-order valence-corrected chi connectivity index (χ2v) is 6.34. The predicted octanol–water partition coefficient (Wildman–Crippen LogP) is -1.18. The quantitative estimate of drug-likeness (QED) is 0.602. The van der Waals surface area contributed by atoms with Crippen molar-refractivity contribution in [2.24, 2.45) is 0 Å². The summed E-state index contributed by atoms with van der Waals surface area (Å²) in [5, 5.41) is 0. The SMILES string of the molecule is COC(=O)C1COCCN1C(=O)CCS(C)(=O)=O. The van der Waals surface area contributed by atoms with Gasteiger partial charge in [0.05, 0.1) is 26.1 Å². The highest BCUT2D eigenvalue weighted by Gasteiger charge is 2.33. The standard InChI is InChI=1S/C10H17NO6S/c1-16-10(13)8-7-17-5-4-11(8)9(12)3-6-18(2,14)15/h8H,3-7H2,1-2H3. The molecule has 1 fully saturated rings. The van der Waals surface area contributed by atoms with Crippen LogP contribution in [-0.4, -0.2) is 70.1 Å². The van der Waals surface area contributed by atoms with E-state index in [2.05, 4.69) is 4.74 Å². The third-order valence-corrected chi connectivity index (χ3v) is 3.55. The van der Waals surface area contributed by atoms with Crippen molar-refractivity contribution in [3.8, 4) is 0 Å². The Labute approximate surface area is 106 Å². The number of ether oxygens (including phenoxy) is 2. The van der Waals surface area contributed by atoms with E-state index in [1.165, 1.54) is 12.0 Å². The molecule has 1 aliphatic rings. The molecule has 0 aromatic heterocycles. The molecule has 1 heterocycles. The van der Waals surface area contributed by atoms with Gasteiger partial charge < -0.3 is 14.4 Å². The molecule has 18 heavy (non-hydrogen) atoms. The fourth-order valence-corrected chi connectivity index (χ4v) is 2.20. The number of amides is 1. The summed E-state index contributed by atoms with van der Waals surface area (Å²) in [6, 6.07) is -0.782. The van der Waals surface area contributed by atoms with E-state index in [1.54, 1.807) is 0 Å². The number of carbonyl (C=O) groups excluding carboxylic acids is 2. The van der Waals surface area contributed by atoms with Crippen molar-refractivity contribution in [3.63, 3.8) is 0 Å². The Kier molecular flexibility index (Phi) is 5.09. The van der Waals surface area contributed by atoms with Crippen LogP contribution < -0.4 is 0 Å². The Balaban J connectivity index is 2.66. The van der Waals surface area contributed by atoms with Crippen LogP contribution in [-0.2, 0) is 28.9 Å². The van der Waals surface area contributed by atoms with E-state index in [0.717, 1.165) is 6.26 Å². The van der Waals surface area contributed by atoms with E-state index in [9.17, 15) is 18.0 Å². The molecule has 0 aliphatic carbocycles. The second kappa shape index (κ2) is 6.14. The maximum absolute atomic E-state index is 11.9. The number of esters is 1. The Morgan fingerprint density at radius 2 is 2.11 bits per heavy atom. The lowest BCUT2D eigenvalue weighted by Gasteiger charge is -2.33. The van der Waals surface area contributed by atoms with Crippen molar-refractivity contribution in [2.75, 3.05) is 38.9 Å². The Morgan fingerprint density at radius 1 is 1.44 bits per heavy atom. The van der Waals surface area contributed by atoms with E-state index in [4.69, 9.17) is 4.74 Å². The lowest BCUT2D eigenvalue weighted by molar-refractivity contribution is -0.160. The molecule has 1 atom stereocenters.